The van der Waals surface area contributed by atoms with Crippen LogP contribution >= 0.6 is 0 Å². The molecule has 0 aliphatic heterocycles. The number of benzene rings is 3. The van der Waals surface area contributed by atoms with Gasteiger partial charge in [0, 0.05) is 11.6 Å². The number of carbonyl (C=O) groups is 1. The van der Waals surface area contributed by atoms with Crippen molar-refractivity contribution >= 4 is 28.6 Å². The van der Waals surface area contributed by atoms with Crippen LogP contribution in [0.2, 0.25) is 0 Å². The number of aryl methyl sites for hydroxylation is 1. The molecule has 0 spiro atoms. The maximum absolute atomic E-state index is 12.6. The molecule has 0 fully saturated rings. The van der Waals surface area contributed by atoms with Crippen LogP contribution in [0.25, 0.3) is 10.8 Å². The molecule has 1 amide bonds. The van der Waals surface area contributed by atoms with Crippen molar-refractivity contribution in [2.45, 2.75) is 6.92 Å². The smallest absolute Gasteiger partial charge is 0.315 e. The maximum atomic E-state index is 12.6. The molecule has 0 aliphatic rings. The van der Waals surface area contributed by atoms with Gasteiger partial charge in [-0.1, -0.05) is 36.4 Å². The summed E-state index contributed by atoms with van der Waals surface area (Å²) in [5, 5.41) is 26.5. The highest BCUT2D eigenvalue weighted by atomic mass is 16.6. The zero-order valence-electron chi connectivity index (χ0n) is 15.2. The Balaban J connectivity index is 1.88. The van der Waals surface area contributed by atoms with Crippen LogP contribution in [0.4, 0.5) is 5.69 Å². The molecule has 0 saturated carbocycles. The molecule has 0 aliphatic carbocycles. The van der Waals surface area contributed by atoms with E-state index in [1.54, 1.807) is 0 Å². The number of nitro groups is 1. The topological polar surface area (TPSA) is 114 Å². The summed E-state index contributed by atoms with van der Waals surface area (Å²) in [5.74, 6) is -1.03. The molecule has 142 valence electrons. The molecule has 28 heavy (non-hydrogen) atoms. The number of hydrogen-bond acceptors (Lipinski definition) is 6. The quantitative estimate of drug-likeness (QED) is 0.400. The molecule has 2 N–H and O–H groups in total. The van der Waals surface area contributed by atoms with Crippen molar-refractivity contribution in [2.75, 3.05) is 7.11 Å². The van der Waals surface area contributed by atoms with E-state index in [1.807, 2.05) is 43.3 Å². The number of ether oxygens (including phenoxy) is 1. The van der Waals surface area contributed by atoms with Gasteiger partial charge in [-0.15, -0.1) is 0 Å². The number of phenols is 1. The zero-order valence-corrected chi connectivity index (χ0v) is 15.2. The van der Waals surface area contributed by atoms with Gasteiger partial charge < -0.3 is 9.84 Å². The Bertz CT molecular complexity index is 1110. The maximum Gasteiger partial charge on any atom is 0.315 e. The molecule has 0 bridgehead atoms. The van der Waals surface area contributed by atoms with Gasteiger partial charge in [-0.3, -0.25) is 14.9 Å². The van der Waals surface area contributed by atoms with Crippen LogP contribution in [0.15, 0.2) is 53.6 Å². The summed E-state index contributed by atoms with van der Waals surface area (Å²) in [7, 11) is 1.28. The highest BCUT2D eigenvalue weighted by Crippen LogP contribution is 2.36. The molecular formula is C20H17N3O5. The second-order valence-corrected chi connectivity index (χ2v) is 6.03. The fraction of sp³-hybridized carbons (Fsp3) is 0.100. The fourth-order valence-corrected chi connectivity index (χ4v) is 2.89. The van der Waals surface area contributed by atoms with Gasteiger partial charge >= 0.3 is 5.69 Å². The summed E-state index contributed by atoms with van der Waals surface area (Å²) in [6.07, 6.45) is 1.24. The molecule has 0 heterocycles. The van der Waals surface area contributed by atoms with Crippen molar-refractivity contribution in [1.29, 1.82) is 0 Å². The van der Waals surface area contributed by atoms with Gasteiger partial charge in [0.25, 0.3) is 5.91 Å². The third-order valence-electron chi connectivity index (χ3n) is 4.24. The Morgan fingerprint density at radius 3 is 2.71 bits per heavy atom. The van der Waals surface area contributed by atoms with Gasteiger partial charge in [0.15, 0.2) is 5.75 Å². The molecule has 8 nitrogen and oxygen atoms in total. The summed E-state index contributed by atoms with van der Waals surface area (Å²) in [4.78, 5) is 22.9. The largest absolute Gasteiger partial charge is 0.500 e. The molecule has 0 unspecified atom stereocenters. The van der Waals surface area contributed by atoms with E-state index in [0.717, 1.165) is 22.4 Å². The lowest BCUT2D eigenvalue weighted by Crippen LogP contribution is -2.19. The van der Waals surface area contributed by atoms with Gasteiger partial charge in [-0.25, -0.2) is 5.43 Å². The predicted octanol–water partition coefficient (Wildman–Crippen LogP) is 3.53. The summed E-state index contributed by atoms with van der Waals surface area (Å²) >= 11 is 0. The van der Waals surface area contributed by atoms with E-state index < -0.39 is 22.3 Å². The molecule has 0 radical (unpaired) electrons. The SMILES string of the molecule is COc1cc(/C=N\NC(=O)c2c(C)ccc3ccccc23)cc([N+](=O)[O-])c1O. The Hall–Kier alpha value is -3.94. The Labute approximate surface area is 160 Å². The minimum atomic E-state index is -0.729. The number of methoxy groups -OCH3 is 1. The van der Waals surface area contributed by atoms with Crippen LogP contribution in [0.5, 0.6) is 11.5 Å². The fourth-order valence-electron chi connectivity index (χ4n) is 2.89. The van der Waals surface area contributed by atoms with E-state index in [1.165, 1.54) is 19.4 Å². The number of amides is 1. The Morgan fingerprint density at radius 2 is 2.00 bits per heavy atom. The number of nitrogens with one attached hydrogen (secondary N) is 1. The lowest BCUT2D eigenvalue weighted by atomic mass is 9.99. The van der Waals surface area contributed by atoms with Gasteiger partial charge in [0.1, 0.15) is 0 Å². The Morgan fingerprint density at radius 1 is 1.25 bits per heavy atom. The minimum absolute atomic E-state index is 0.0631. The number of hydrogen-bond donors (Lipinski definition) is 2. The number of phenolic OH excluding ortho intramolecular Hbond substituents is 1. The average Bonchev–Trinajstić information content (AvgIpc) is 2.68. The lowest BCUT2D eigenvalue weighted by molar-refractivity contribution is -0.386. The zero-order chi connectivity index (χ0) is 20.3. The highest BCUT2D eigenvalue weighted by molar-refractivity contribution is 6.08. The van der Waals surface area contributed by atoms with Crippen molar-refractivity contribution in [2.24, 2.45) is 5.10 Å². The van der Waals surface area contributed by atoms with Gasteiger partial charge in [0.05, 0.1) is 23.8 Å². The van der Waals surface area contributed by atoms with E-state index in [4.69, 9.17) is 4.74 Å². The summed E-state index contributed by atoms with van der Waals surface area (Å²) in [6, 6.07) is 13.8. The van der Waals surface area contributed by atoms with Crippen molar-refractivity contribution in [3.05, 3.63) is 75.3 Å². The van der Waals surface area contributed by atoms with Crippen molar-refractivity contribution in [1.82, 2.24) is 5.43 Å². The molecule has 0 aromatic heterocycles. The van der Waals surface area contributed by atoms with E-state index >= 15 is 0 Å². The number of nitrogens with zero attached hydrogens (tertiary/aromatic N) is 2. The van der Waals surface area contributed by atoms with E-state index in [0.29, 0.717) is 5.56 Å². The van der Waals surface area contributed by atoms with E-state index in [2.05, 4.69) is 10.5 Å². The van der Waals surface area contributed by atoms with Gasteiger partial charge in [-0.2, -0.15) is 5.10 Å². The first-order valence-electron chi connectivity index (χ1n) is 8.29. The first-order valence-corrected chi connectivity index (χ1v) is 8.29. The first kappa shape index (κ1) is 18.8. The van der Waals surface area contributed by atoms with Gasteiger partial charge in [0.2, 0.25) is 5.75 Å². The summed E-state index contributed by atoms with van der Waals surface area (Å²) < 4.78 is 4.93. The van der Waals surface area contributed by atoms with Gasteiger partial charge in [-0.05, 0) is 29.3 Å². The molecule has 0 atom stereocenters. The number of rotatable bonds is 5. The molecule has 8 heteroatoms. The van der Waals surface area contributed by atoms with Crippen molar-refractivity contribution in [3.8, 4) is 11.5 Å². The molecule has 3 aromatic carbocycles. The predicted molar refractivity (Wildman–Crippen MR) is 105 cm³/mol. The van der Waals surface area contributed by atoms with Crippen LogP contribution in [0.1, 0.15) is 21.5 Å². The van der Waals surface area contributed by atoms with Crippen LogP contribution < -0.4 is 10.2 Å². The molecule has 3 aromatic rings. The molecular weight excluding hydrogens is 362 g/mol. The number of fused-ring (bicyclic) bond motifs is 1. The third kappa shape index (κ3) is 3.61. The normalized spacial score (nSPS) is 10.9. The number of hydrazone groups is 1. The van der Waals surface area contributed by atoms with E-state index in [9.17, 15) is 20.0 Å². The van der Waals surface area contributed by atoms with Crippen LogP contribution in [-0.4, -0.2) is 29.3 Å². The number of aromatic hydroxyl groups is 1. The van der Waals surface area contributed by atoms with Crippen LogP contribution in [-0.2, 0) is 0 Å². The molecule has 0 saturated heterocycles. The number of nitro benzene ring substituents is 1. The highest BCUT2D eigenvalue weighted by Gasteiger charge is 2.19. The first-order chi connectivity index (χ1) is 13.4. The average molecular weight is 379 g/mol. The number of carbonyl (C=O) groups excluding carboxylic acids is 1. The summed E-state index contributed by atoms with van der Waals surface area (Å²) in [6.45, 7) is 1.83. The lowest BCUT2D eigenvalue weighted by Gasteiger charge is -2.09. The van der Waals surface area contributed by atoms with Crippen molar-refractivity contribution in [3.63, 3.8) is 0 Å². The standard InChI is InChI=1S/C20H17N3O5/c1-12-7-8-14-5-3-4-6-15(14)18(12)20(25)22-21-11-13-9-16(23(26)27)19(24)17(10-13)28-2/h3-11,24H,1-2H3,(H,22,25)/b21-11-. The van der Waals surface area contributed by atoms with Crippen LogP contribution in [0.3, 0.4) is 0 Å². The molecule has 3 rings (SSSR count). The van der Waals surface area contributed by atoms with Crippen LogP contribution in [0, 0.1) is 17.0 Å². The minimum Gasteiger partial charge on any atom is -0.500 e. The van der Waals surface area contributed by atoms with E-state index in [-0.39, 0.29) is 11.3 Å². The monoisotopic (exact) mass is 379 g/mol. The summed E-state index contributed by atoms with van der Waals surface area (Å²) in [5.41, 5.74) is 3.51. The second kappa shape index (κ2) is 7.75. The Kier molecular flexibility index (Phi) is 5.21. The van der Waals surface area contributed by atoms with Crippen molar-refractivity contribution < 1.29 is 19.6 Å². The third-order valence-corrected chi connectivity index (χ3v) is 4.24. The second-order valence-electron chi connectivity index (χ2n) is 6.03.